The molecule has 0 aromatic heterocycles. The lowest BCUT2D eigenvalue weighted by atomic mass is 10.1. The Kier molecular flexibility index (Phi) is 3.53. The summed E-state index contributed by atoms with van der Waals surface area (Å²) >= 11 is 0. The molecule has 2 N–H and O–H groups in total. The highest BCUT2D eigenvalue weighted by atomic mass is 16.1. The highest BCUT2D eigenvalue weighted by molar-refractivity contribution is 5.79. The van der Waals surface area contributed by atoms with E-state index >= 15 is 0 Å². The summed E-state index contributed by atoms with van der Waals surface area (Å²) in [6.45, 7) is 4.19. The molecule has 1 atom stereocenters. The van der Waals surface area contributed by atoms with Gasteiger partial charge in [-0.3, -0.25) is 9.69 Å². The number of carbonyl (C=O) groups is 1. The second-order valence-corrected chi connectivity index (χ2v) is 3.45. The van der Waals surface area contributed by atoms with Gasteiger partial charge >= 0.3 is 0 Å². The summed E-state index contributed by atoms with van der Waals surface area (Å²) in [5.74, 6) is -0.154. The van der Waals surface area contributed by atoms with Gasteiger partial charge in [-0.1, -0.05) is 13.3 Å². The molecule has 0 radical (unpaired) electrons. The van der Waals surface area contributed by atoms with Gasteiger partial charge in [0.2, 0.25) is 5.91 Å². The van der Waals surface area contributed by atoms with Crippen LogP contribution in [0.1, 0.15) is 32.6 Å². The zero-order chi connectivity index (χ0) is 8.97. The molecule has 1 fully saturated rings. The van der Waals surface area contributed by atoms with E-state index in [-0.39, 0.29) is 11.9 Å². The summed E-state index contributed by atoms with van der Waals surface area (Å²) < 4.78 is 0. The van der Waals surface area contributed by atoms with Gasteiger partial charge in [-0.05, 0) is 32.4 Å². The maximum absolute atomic E-state index is 11.1. The Balaban J connectivity index is 2.45. The minimum Gasteiger partial charge on any atom is -0.368 e. The van der Waals surface area contributed by atoms with E-state index in [0.29, 0.717) is 0 Å². The first-order chi connectivity index (χ1) is 5.75. The quantitative estimate of drug-likeness (QED) is 0.676. The normalized spacial score (nSPS) is 21.1. The van der Waals surface area contributed by atoms with E-state index in [2.05, 4.69) is 11.8 Å². The Morgan fingerprint density at radius 1 is 1.50 bits per heavy atom. The van der Waals surface area contributed by atoms with Gasteiger partial charge in [0.25, 0.3) is 0 Å². The number of primary amides is 1. The van der Waals surface area contributed by atoms with Crippen molar-refractivity contribution in [3.63, 3.8) is 0 Å². The van der Waals surface area contributed by atoms with Gasteiger partial charge in [0.05, 0.1) is 6.04 Å². The lowest BCUT2D eigenvalue weighted by Gasteiger charge is -2.23. The Hall–Kier alpha value is -0.570. The summed E-state index contributed by atoms with van der Waals surface area (Å²) in [6.07, 6.45) is 4.38. The second kappa shape index (κ2) is 4.45. The molecule has 1 amide bonds. The van der Waals surface area contributed by atoms with Gasteiger partial charge in [-0.2, -0.15) is 0 Å². The third-order valence-corrected chi connectivity index (χ3v) is 2.47. The SMILES string of the molecule is CCCC(C(N)=O)N1CCCC1. The molecule has 1 aliphatic heterocycles. The zero-order valence-corrected chi connectivity index (χ0v) is 7.75. The first-order valence-corrected chi connectivity index (χ1v) is 4.79. The Morgan fingerprint density at radius 2 is 2.08 bits per heavy atom. The molecule has 1 heterocycles. The number of rotatable bonds is 4. The molecular weight excluding hydrogens is 152 g/mol. The smallest absolute Gasteiger partial charge is 0.234 e. The molecule has 1 unspecified atom stereocenters. The van der Waals surface area contributed by atoms with Crippen molar-refractivity contribution in [2.24, 2.45) is 5.73 Å². The summed E-state index contributed by atoms with van der Waals surface area (Å²) in [5, 5.41) is 0. The van der Waals surface area contributed by atoms with Gasteiger partial charge < -0.3 is 5.73 Å². The summed E-state index contributed by atoms with van der Waals surface area (Å²) in [5.41, 5.74) is 5.32. The summed E-state index contributed by atoms with van der Waals surface area (Å²) in [4.78, 5) is 13.3. The highest BCUT2D eigenvalue weighted by Gasteiger charge is 2.24. The topological polar surface area (TPSA) is 46.3 Å². The first kappa shape index (κ1) is 9.52. The number of carbonyl (C=O) groups excluding carboxylic acids is 1. The van der Waals surface area contributed by atoms with Crippen LogP contribution in [0.4, 0.5) is 0 Å². The Morgan fingerprint density at radius 3 is 2.50 bits per heavy atom. The lowest BCUT2D eigenvalue weighted by molar-refractivity contribution is -0.123. The molecule has 1 aliphatic rings. The Bertz CT molecular complexity index is 153. The van der Waals surface area contributed by atoms with E-state index in [1.54, 1.807) is 0 Å². The third kappa shape index (κ3) is 2.21. The Labute approximate surface area is 73.9 Å². The van der Waals surface area contributed by atoms with E-state index < -0.39 is 0 Å². The van der Waals surface area contributed by atoms with Gasteiger partial charge in [-0.15, -0.1) is 0 Å². The van der Waals surface area contributed by atoms with E-state index in [4.69, 9.17) is 5.73 Å². The van der Waals surface area contributed by atoms with E-state index in [1.165, 1.54) is 12.8 Å². The van der Waals surface area contributed by atoms with Crippen LogP contribution in [0.15, 0.2) is 0 Å². The van der Waals surface area contributed by atoms with E-state index in [0.717, 1.165) is 25.9 Å². The molecule has 0 bridgehead atoms. The maximum atomic E-state index is 11.1. The average molecular weight is 170 g/mol. The standard InChI is InChI=1S/C9H18N2O/c1-2-5-8(9(10)12)11-6-3-4-7-11/h8H,2-7H2,1H3,(H2,10,12). The summed E-state index contributed by atoms with van der Waals surface area (Å²) in [7, 11) is 0. The molecule has 0 aliphatic carbocycles. The second-order valence-electron chi connectivity index (χ2n) is 3.45. The molecule has 0 saturated carbocycles. The van der Waals surface area contributed by atoms with E-state index in [9.17, 15) is 4.79 Å². The number of nitrogens with two attached hydrogens (primary N) is 1. The number of hydrogen-bond acceptors (Lipinski definition) is 2. The number of nitrogens with zero attached hydrogens (tertiary/aromatic N) is 1. The van der Waals surface area contributed by atoms with Crippen LogP contribution < -0.4 is 5.73 Å². The molecule has 1 rings (SSSR count). The number of likely N-dealkylation sites (tertiary alicyclic amines) is 1. The van der Waals surface area contributed by atoms with Crippen molar-refractivity contribution in [3.05, 3.63) is 0 Å². The van der Waals surface area contributed by atoms with Gasteiger partial charge in [-0.25, -0.2) is 0 Å². The third-order valence-electron chi connectivity index (χ3n) is 2.47. The van der Waals surface area contributed by atoms with Crippen molar-refractivity contribution < 1.29 is 4.79 Å². The fraction of sp³-hybridized carbons (Fsp3) is 0.889. The zero-order valence-electron chi connectivity index (χ0n) is 7.75. The van der Waals surface area contributed by atoms with Crippen LogP contribution >= 0.6 is 0 Å². The molecule has 0 aromatic carbocycles. The van der Waals surface area contributed by atoms with Crippen molar-refractivity contribution in [1.29, 1.82) is 0 Å². The van der Waals surface area contributed by atoms with Crippen LogP contribution in [0.5, 0.6) is 0 Å². The average Bonchev–Trinajstić information content (AvgIpc) is 2.51. The molecule has 0 spiro atoms. The molecule has 12 heavy (non-hydrogen) atoms. The van der Waals surface area contributed by atoms with Gasteiger partial charge in [0.15, 0.2) is 0 Å². The number of amides is 1. The summed E-state index contributed by atoms with van der Waals surface area (Å²) in [6, 6.07) is -0.00231. The predicted molar refractivity (Wildman–Crippen MR) is 48.7 cm³/mol. The molecule has 3 nitrogen and oxygen atoms in total. The number of hydrogen-bond donors (Lipinski definition) is 1. The van der Waals surface area contributed by atoms with Crippen molar-refractivity contribution >= 4 is 5.91 Å². The highest BCUT2D eigenvalue weighted by Crippen LogP contribution is 2.14. The maximum Gasteiger partial charge on any atom is 0.234 e. The van der Waals surface area contributed by atoms with Crippen LogP contribution in [-0.4, -0.2) is 29.9 Å². The minimum absolute atomic E-state index is 0.00231. The van der Waals surface area contributed by atoms with Crippen LogP contribution in [0.3, 0.4) is 0 Å². The van der Waals surface area contributed by atoms with Crippen LogP contribution in [-0.2, 0) is 4.79 Å². The largest absolute Gasteiger partial charge is 0.368 e. The van der Waals surface area contributed by atoms with Crippen molar-refractivity contribution in [2.45, 2.75) is 38.6 Å². The molecular formula is C9H18N2O. The van der Waals surface area contributed by atoms with Crippen molar-refractivity contribution in [1.82, 2.24) is 4.90 Å². The van der Waals surface area contributed by atoms with Crippen molar-refractivity contribution in [2.75, 3.05) is 13.1 Å². The van der Waals surface area contributed by atoms with Gasteiger partial charge in [0.1, 0.15) is 0 Å². The lowest BCUT2D eigenvalue weighted by Crippen LogP contribution is -2.43. The minimum atomic E-state index is -0.154. The van der Waals surface area contributed by atoms with Gasteiger partial charge in [0, 0.05) is 0 Å². The van der Waals surface area contributed by atoms with Crippen LogP contribution in [0, 0.1) is 0 Å². The molecule has 70 valence electrons. The fourth-order valence-corrected chi connectivity index (χ4v) is 1.83. The molecule has 1 saturated heterocycles. The van der Waals surface area contributed by atoms with E-state index in [1.807, 2.05) is 0 Å². The monoisotopic (exact) mass is 170 g/mol. The van der Waals surface area contributed by atoms with Crippen molar-refractivity contribution in [3.8, 4) is 0 Å². The fourth-order valence-electron chi connectivity index (χ4n) is 1.83. The molecule has 3 heteroatoms. The van der Waals surface area contributed by atoms with Crippen LogP contribution in [0.25, 0.3) is 0 Å². The van der Waals surface area contributed by atoms with Crippen LogP contribution in [0.2, 0.25) is 0 Å². The molecule has 0 aromatic rings. The predicted octanol–water partition coefficient (Wildman–Crippen LogP) is 0.736. The first-order valence-electron chi connectivity index (χ1n) is 4.79.